The van der Waals surface area contributed by atoms with Gasteiger partial charge in [0.2, 0.25) is 11.8 Å². The molecule has 1 saturated heterocycles. The summed E-state index contributed by atoms with van der Waals surface area (Å²) in [5.41, 5.74) is 0.631. The van der Waals surface area contributed by atoms with Crippen LogP contribution in [-0.2, 0) is 16.0 Å². The third-order valence-corrected chi connectivity index (χ3v) is 3.38. The summed E-state index contributed by atoms with van der Waals surface area (Å²) in [6.45, 7) is 1.64. The normalized spacial score (nSPS) is 17.5. The van der Waals surface area contributed by atoms with Gasteiger partial charge in [0, 0.05) is 13.1 Å². The van der Waals surface area contributed by atoms with Crippen molar-refractivity contribution in [1.29, 1.82) is 0 Å². The molecular weight excluding hydrogens is 273 g/mol. The van der Waals surface area contributed by atoms with E-state index in [1.54, 1.807) is 12.1 Å². The second-order valence-electron chi connectivity index (χ2n) is 5.10. The maximum atomic E-state index is 13.0. The van der Waals surface area contributed by atoms with Crippen LogP contribution in [0.15, 0.2) is 24.3 Å². The van der Waals surface area contributed by atoms with Crippen LogP contribution in [0.1, 0.15) is 18.4 Å². The van der Waals surface area contributed by atoms with Gasteiger partial charge in [0.05, 0.1) is 12.5 Å². The minimum atomic E-state index is -0.350. The fourth-order valence-corrected chi connectivity index (χ4v) is 2.31. The van der Waals surface area contributed by atoms with Gasteiger partial charge < -0.3 is 16.0 Å². The number of hydrogen-bond acceptors (Lipinski definition) is 3. The highest BCUT2D eigenvalue weighted by atomic mass is 19.1. The van der Waals surface area contributed by atoms with Gasteiger partial charge in [0.1, 0.15) is 5.82 Å². The van der Waals surface area contributed by atoms with Crippen molar-refractivity contribution < 1.29 is 14.0 Å². The topological polar surface area (TPSA) is 70.2 Å². The van der Waals surface area contributed by atoms with Gasteiger partial charge in [-0.2, -0.15) is 0 Å². The number of benzene rings is 1. The average molecular weight is 293 g/mol. The molecule has 5 nitrogen and oxygen atoms in total. The standard InChI is InChI=1S/C15H20FN3O2/c16-12-4-1-3-11(9-12)10-14(20)18-7-8-19-15(21)13-5-2-6-17-13/h1,3-4,9,13,17H,2,5-8,10H2,(H,18,20)(H,19,21). The minimum Gasteiger partial charge on any atom is -0.354 e. The van der Waals surface area contributed by atoms with Gasteiger partial charge in [-0.3, -0.25) is 9.59 Å². The van der Waals surface area contributed by atoms with Crippen LogP contribution in [0.5, 0.6) is 0 Å². The summed E-state index contributed by atoms with van der Waals surface area (Å²) >= 11 is 0. The van der Waals surface area contributed by atoms with Gasteiger partial charge >= 0.3 is 0 Å². The molecule has 0 radical (unpaired) electrons. The molecule has 3 N–H and O–H groups in total. The Morgan fingerprint density at radius 3 is 2.81 bits per heavy atom. The third-order valence-electron chi connectivity index (χ3n) is 3.38. The number of amides is 2. The smallest absolute Gasteiger partial charge is 0.237 e. The van der Waals surface area contributed by atoms with Gasteiger partial charge in [-0.1, -0.05) is 12.1 Å². The van der Waals surface area contributed by atoms with Crippen molar-refractivity contribution in [2.24, 2.45) is 0 Å². The Bertz CT molecular complexity index is 501. The van der Waals surface area contributed by atoms with E-state index in [4.69, 9.17) is 0 Å². The van der Waals surface area contributed by atoms with Crippen LogP contribution in [0, 0.1) is 5.82 Å². The summed E-state index contributed by atoms with van der Waals surface area (Å²) in [7, 11) is 0. The Morgan fingerprint density at radius 1 is 1.29 bits per heavy atom. The van der Waals surface area contributed by atoms with E-state index in [2.05, 4.69) is 16.0 Å². The van der Waals surface area contributed by atoms with Crippen molar-refractivity contribution in [3.63, 3.8) is 0 Å². The fourth-order valence-electron chi connectivity index (χ4n) is 2.31. The van der Waals surface area contributed by atoms with Crippen molar-refractivity contribution in [3.05, 3.63) is 35.6 Å². The minimum absolute atomic E-state index is 0.0214. The molecule has 0 aromatic heterocycles. The predicted octanol–water partition coefficient (Wildman–Crippen LogP) is 0.353. The monoisotopic (exact) mass is 293 g/mol. The summed E-state index contributed by atoms with van der Waals surface area (Å²) in [6, 6.07) is 5.86. The van der Waals surface area contributed by atoms with E-state index in [0.717, 1.165) is 19.4 Å². The predicted molar refractivity (Wildman–Crippen MR) is 77.1 cm³/mol. The molecule has 1 aliphatic heterocycles. The Labute approximate surface area is 123 Å². The lowest BCUT2D eigenvalue weighted by Crippen LogP contribution is -2.43. The summed E-state index contributed by atoms with van der Waals surface area (Å²) in [6.07, 6.45) is 2.01. The van der Waals surface area contributed by atoms with Crippen molar-refractivity contribution >= 4 is 11.8 Å². The molecule has 114 valence electrons. The SMILES string of the molecule is O=C(Cc1cccc(F)c1)NCCNC(=O)C1CCCN1. The number of carbonyl (C=O) groups is 2. The van der Waals surface area contributed by atoms with Crippen LogP contribution >= 0.6 is 0 Å². The molecule has 1 aliphatic rings. The summed E-state index contributed by atoms with van der Waals surface area (Å²) in [5.74, 6) is -0.558. The van der Waals surface area contributed by atoms with Gasteiger partial charge in [-0.15, -0.1) is 0 Å². The molecule has 1 unspecified atom stereocenters. The number of hydrogen-bond donors (Lipinski definition) is 3. The quantitative estimate of drug-likeness (QED) is 0.663. The Kier molecular flexibility index (Phi) is 5.68. The number of carbonyl (C=O) groups excluding carboxylic acids is 2. The molecule has 2 rings (SSSR count). The van der Waals surface area contributed by atoms with Crippen molar-refractivity contribution in [2.75, 3.05) is 19.6 Å². The summed E-state index contributed by atoms with van der Waals surface area (Å²) in [4.78, 5) is 23.4. The second kappa shape index (κ2) is 7.73. The molecule has 1 heterocycles. The first-order valence-corrected chi connectivity index (χ1v) is 7.17. The lowest BCUT2D eigenvalue weighted by Gasteiger charge is -2.11. The van der Waals surface area contributed by atoms with Gasteiger partial charge in [0.15, 0.2) is 0 Å². The highest BCUT2D eigenvalue weighted by molar-refractivity contribution is 5.82. The summed E-state index contributed by atoms with van der Waals surface area (Å²) < 4.78 is 13.0. The highest BCUT2D eigenvalue weighted by Crippen LogP contribution is 2.04. The van der Waals surface area contributed by atoms with Gasteiger partial charge in [0.25, 0.3) is 0 Å². The van der Waals surface area contributed by atoms with E-state index in [-0.39, 0.29) is 30.1 Å². The zero-order chi connectivity index (χ0) is 15.1. The number of halogens is 1. The van der Waals surface area contributed by atoms with Crippen LogP contribution in [-0.4, -0.2) is 37.5 Å². The molecule has 21 heavy (non-hydrogen) atoms. The lowest BCUT2D eigenvalue weighted by atomic mass is 10.1. The molecule has 1 atom stereocenters. The van der Waals surface area contributed by atoms with E-state index in [9.17, 15) is 14.0 Å². The van der Waals surface area contributed by atoms with E-state index in [1.807, 2.05) is 0 Å². The first-order valence-electron chi connectivity index (χ1n) is 7.17. The van der Waals surface area contributed by atoms with E-state index in [1.165, 1.54) is 12.1 Å². The molecular formula is C15H20FN3O2. The molecule has 0 bridgehead atoms. The van der Waals surface area contributed by atoms with E-state index in [0.29, 0.717) is 18.7 Å². The maximum Gasteiger partial charge on any atom is 0.237 e. The zero-order valence-electron chi connectivity index (χ0n) is 11.8. The third kappa shape index (κ3) is 5.15. The van der Waals surface area contributed by atoms with Crippen LogP contribution in [0.2, 0.25) is 0 Å². The second-order valence-corrected chi connectivity index (χ2v) is 5.10. The summed E-state index contributed by atoms with van der Waals surface area (Å²) in [5, 5.41) is 8.59. The molecule has 1 aromatic rings. The fraction of sp³-hybridized carbons (Fsp3) is 0.467. The van der Waals surface area contributed by atoms with Crippen LogP contribution < -0.4 is 16.0 Å². The first-order chi connectivity index (χ1) is 10.1. The number of nitrogens with one attached hydrogen (secondary N) is 3. The molecule has 0 spiro atoms. The Balaban J connectivity index is 1.62. The Morgan fingerprint density at radius 2 is 2.10 bits per heavy atom. The van der Waals surface area contributed by atoms with Crippen molar-refractivity contribution in [3.8, 4) is 0 Å². The zero-order valence-corrected chi connectivity index (χ0v) is 11.8. The highest BCUT2D eigenvalue weighted by Gasteiger charge is 2.21. The molecule has 6 heteroatoms. The molecule has 1 aromatic carbocycles. The van der Waals surface area contributed by atoms with Crippen LogP contribution in [0.4, 0.5) is 4.39 Å². The Hall–Kier alpha value is -1.95. The molecule has 2 amide bonds. The van der Waals surface area contributed by atoms with Crippen molar-refractivity contribution in [1.82, 2.24) is 16.0 Å². The molecule has 0 saturated carbocycles. The van der Waals surface area contributed by atoms with Crippen LogP contribution in [0.3, 0.4) is 0 Å². The lowest BCUT2D eigenvalue weighted by molar-refractivity contribution is -0.123. The largest absolute Gasteiger partial charge is 0.354 e. The van der Waals surface area contributed by atoms with Crippen molar-refractivity contribution in [2.45, 2.75) is 25.3 Å². The van der Waals surface area contributed by atoms with E-state index < -0.39 is 0 Å². The first kappa shape index (κ1) is 15.4. The maximum absolute atomic E-state index is 13.0. The van der Waals surface area contributed by atoms with Crippen LogP contribution in [0.25, 0.3) is 0 Å². The average Bonchev–Trinajstić information content (AvgIpc) is 2.97. The molecule has 0 aliphatic carbocycles. The van der Waals surface area contributed by atoms with Gasteiger partial charge in [-0.05, 0) is 37.1 Å². The van der Waals surface area contributed by atoms with Gasteiger partial charge in [-0.25, -0.2) is 4.39 Å². The van der Waals surface area contributed by atoms with E-state index >= 15 is 0 Å². The molecule has 1 fully saturated rings. The number of rotatable bonds is 6.